The Balaban J connectivity index is 2.22. The van der Waals surface area contributed by atoms with Crippen LogP contribution in [0.2, 0.25) is 0 Å². The van der Waals surface area contributed by atoms with Crippen molar-refractivity contribution >= 4 is 11.6 Å². The highest BCUT2D eigenvalue weighted by molar-refractivity contribution is 6.06. The van der Waals surface area contributed by atoms with Crippen LogP contribution in [0.4, 0.5) is 0 Å². The normalized spacial score (nSPS) is 38.4. The van der Waals surface area contributed by atoms with Crippen LogP contribution in [0.5, 0.6) is 0 Å². The molecule has 0 aliphatic heterocycles. The summed E-state index contributed by atoms with van der Waals surface area (Å²) in [5.41, 5.74) is -0.298. The van der Waals surface area contributed by atoms with Crippen molar-refractivity contribution in [2.75, 3.05) is 13.7 Å². The van der Waals surface area contributed by atoms with E-state index in [0.717, 1.165) is 19.3 Å². The molecule has 0 heterocycles. The molecule has 2 fully saturated rings. The van der Waals surface area contributed by atoms with Gasteiger partial charge in [-0.15, -0.1) is 0 Å². The van der Waals surface area contributed by atoms with Gasteiger partial charge in [0.05, 0.1) is 18.4 Å². The van der Waals surface area contributed by atoms with Gasteiger partial charge in [0, 0.05) is 13.0 Å². The summed E-state index contributed by atoms with van der Waals surface area (Å²) in [5, 5.41) is 0. The van der Waals surface area contributed by atoms with E-state index in [1.807, 2.05) is 0 Å². The van der Waals surface area contributed by atoms with Crippen molar-refractivity contribution in [1.29, 1.82) is 0 Å². The molecule has 0 spiro atoms. The largest absolute Gasteiger partial charge is 0.384 e. The van der Waals surface area contributed by atoms with E-state index in [4.69, 9.17) is 4.74 Å². The molecule has 2 aliphatic carbocycles. The minimum Gasteiger partial charge on any atom is -0.384 e. The van der Waals surface area contributed by atoms with Crippen molar-refractivity contribution in [3.63, 3.8) is 0 Å². The second-order valence-electron chi connectivity index (χ2n) is 4.22. The maximum absolute atomic E-state index is 11.7. The van der Waals surface area contributed by atoms with Crippen LogP contribution in [-0.4, -0.2) is 25.3 Å². The lowest BCUT2D eigenvalue weighted by molar-refractivity contribution is -0.140. The van der Waals surface area contributed by atoms with Gasteiger partial charge in [-0.05, 0) is 19.3 Å². The molecule has 3 nitrogen and oxygen atoms in total. The fourth-order valence-corrected chi connectivity index (χ4v) is 2.63. The first-order valence-electron chi connectivity index (χ1n) is 4.73. The summed E-state index contributed by atoms with van der Waals surface area (Å²) in [6.45, 7) is 0.496. The molecule has 0 radical (unpaired) electrons. The molecule has 13 heavy (non-hydrogen) atoms. The fraction of sp³-hybridized carbons (Fsp3) is 0.800. The van der Waals surface area contributed by atoms with E-state index >= 15 is 0 Å². The summed E-state index contributed by atoms with van der Waals surface area (Å²) in [6, 6.07) is 0. The molecular formula is C10H14O3. The Labute approximate surface area is 77.4 Å². The number of ether oxygens (including phenoxy) is 1. The van der Waals surface area contributed by atoms with Gasteiger partial charge in [-0.1, -0.05) is 0 Å². The molecule has 0 amide bonds. The SMILES string of the molecule is COCC12CCC(C1)C(=O)CC2=O. The number of ketones is 2. The lowest BCUT2D eigenvalue weighted by Crippen LogP contribution is -2.39. The molecule has 2 rings (SSSR count). The standard InChI is InChI=1S/C10H14O3/c1-13-6-10-3-2-7(5-10)8(11)4-9(10)12/h7H,2-6H2,1H3. The van der Waals surface area contributed by atoms with Crippen molar-refractivity contribution in [3.8, 4) is 0 Å². The van der Waals surface area contributed by atoms with Crippen molar-refractivity contribution in [1.82, 2.24) is 0 Å². The summed E-state index contributed by atoms with van der Waals surface area (Å²) < 4.78 is 5.08. The zero-order valence-electron chi connectivity index (χ0n) is 7.84. The molecule has 0 aromatic heterocycles. The van der Waals surface area contributed by atoms with E-state index in [1.54, 1.807) is 7.11 Å². The van der Waals surface area contributed by atoms with Crippen LogP contribution in [-0.2, 0) is 14.3 Å². The fourth-order valence-electron chi connectivity index (χ4n) is 2.63. The lowest BCUT2D eigenvalue weighted by atomic mass is 9.75. The maximum atomic E-state index is 11.7. The molecule has 0 N–H and O–H groups in total. The zero-order valence-corrected chi connectivity index (χ0v) is 7.84. The molecule has 2 saturated carbocycles. The molecule has 72 valence electrons. The van der Waals surface area contributed by atoms with E-state index in [1.165, 1.54) is 0 Å². The predicted octanol–water partition coefficient (Wildman–Crippen LogP) is 0.961. The third-order valence-electron chi connectivity index (χ3n) is 3.41. The monoisotopic (exact) mass is 182 g/mol. The third-order valence-corrected chi connectivity index (χ3v) is 3.41. The predicted molar refractivity (Wildman–Crippen MR) is 46.3 cm³/mol. The van der Waals surface area contributed by atoms with Gasteiger partial charge in [0.25, 0.3) is 0 Å². The second-order valence-corrected chi connectivity index (χ2v) is 4.22. The van der Waals surface area contributed by atoms with Gasteiger partial charge in [-0.2, -0.15) is 0 Å². The minimum absolute atomic E-state index is 0.105. The van der Waals surface area contributed by atoms with Gasteiger partial charge < -0.3 is 4.74 Å². The van der Waals surface area contributed by atoms with Gasteiger partial charge in [-0.25, -0.2) is 0 Å². The van der Waals surface area contributed by atoms with Crippen LogP contribution in [0.15, 0.2) is 0 Å². The quantitative estimate of drug-likeness (QED) is 0.597. The Bertz CT molecular complexity index is 259. The number of hydrogen-bond acceptors (Lipinski definition) is 3. The number of fused-ring (bicyclic) bond motifs is 2. The molecule has 0 saturated heterocycles. The van der Waals surface area contributed by atoms with Crippen LogP contribution in [0, 0.1) is 11.3 Å². The van der Waals surface area contributed by atoms with E-state index in [9.17, 15) is 9.59 Å². The van der Waals surface area contributed by atoms with Crippen molar-refractivity contribution in [3.05, 3.63) is 0 Å². The zero-order chi connectivity index (χ0) is 9.47. The van der Waals surface area contributed by atoms with Crippen LogP contribution >= 0.6 is 0 Å². The van der Waals surface area contributed by atoms with E-state index < -0.39 is 0 Å². The average molecular weight is 182 g/mol. The number of carbonyl (C=O) groups excluding carboxylic acids is 2. The first-order valence-corrected chi connectivity index (χ1v) is 4.73. The Kier molecular flexibility index (Phi) is 1.99. The summed E-state index contributed by atoms with van der Waals surface area (Å²) in [4.78, 5) is 23.0. The first-order chi connectivity index (χ1) is 6.18. The number of carbonyl (C=O) groups is 2. The Morgan fingerprint density at radius 3 is 3.00 bits per heavy atom. The van der Waals surface area contributed by atoms with Crippen LogP contribution in [0.3, 0.4) is 0 Å². The molecule has 3 heteroatoms. The highest BCUT2D eigenvalue weighted by atomic mass is 16.5. The average Bonchev–Trinajstić information content (AvgIpc) is 2.46. The Morgan fingerprint density at radius 2 is 2.31 bits per heavy atom. The summed E-state index contributed by atoms with van der Waals surface area (Å²) in [7, 11) is 1.62. The lowest BCUT2D eigenvalue weighted by Gasteiger charge is -2.29. The molecule has 2 aliphatic rings. The number of Topliss-reactive ketones (excluding diaryl/α,β-unsaturated/α-hetero) is 2. The Morgan fingerprint density at radius 1 is 1.54 bits per heavy atom. The van der Waals surface area contributed by atoms with E-state index in [2.05, 4.69) is 0 Å². The maximum Gasteiger partial charge on any atom is 0.148 e. The first kappa shape index (κ1) is 8.88. The topological polar surface area (TPSA) is 43.4 Å². The number of hydrogen-bond donors (Lipinski definition) is 0. The molecule has 0 aromatic rings. The highest BCUT2D eigenvalue weighted by Gasteiger charge is 2.51. The van der Waals surface area contributed by atoms with Crippen LogP contribution in [0.1, 0.15) is 25.7 Å². The molecular weight excluding hydrogens is 168 g/mol. The van der Waals surface area contributed by atoms with Gasteiger partial charge in [0.15, 0.2) is 0 Å². The van der Waals surface area contributed by atoms with Crippen LogP contribution in [0.25, 0.3) is 0 Å². The minimum atomic E-state index is -0.298. The van der Waals surface area contributed by atoms with Crippen LogP contribution < -0.4 is 0 Å². The number of methoxy groups -OCH3 is 1. The molecule has 2 bridgehead atoms. The third kappa shape index (κ3) is 1.22. The van der Waals surface area contributed by atoms with E-state index in [0.29, 0.717) is 6.61 Å². The molecule has 2 unspecified atom stereocenters. The molecule has 2 atom stereocenters. The van der Waals surface area contributed by atoms with Crippen molar-refractivity contribution in [2.24, 2.45) is 11.3 Å². The highest BCUT2D eigenvalue weighted by Crippen LogP contribution is 2.47. The number of rotatable bonds is 2. The summed E-state index contributed by atoms with van der Waals surface area (Å²) in [5.74, 6) is 0.398. The second kappa shape index (κ2) is 2.91. The Hall–Kier alpha value is -0.700. The van der Waals surface area contributed by atoms with Crippen molar-refractivity contribution < 1.29 is 14.3 Å². The summed E-state index contributed by atoms with van der Waals surface area (Å²) in [6.07, 6.45) is 2.61. The van der Waals surface area contributed by atoms with Crippen molar-refractivity contribution in [2.45, 2.75) is 25.7 Å². The van der Waals surface area contributed by atoms with E-state index in [-0.39, 0.29) is 29.3 Å². The van der Waals surface area contributed by atoms with Gasteiger partial charge in [0.2, 0.25) is 0 Å². The van der Waals surface area contributed by atoms with Gasteiger partial charge in [-0.3, -0.25) is 9.59 Å². The smallest absolute Gasteiger partial charge is 0.148 e. The molecule has 0 aromatic carbocycles. The van der Waals surface area contributed by atoms with Gasteiger partial charge in [0.1, 0.15) is 11.6 Å². The summed E-state index contributed by atoms with van der Waals surface area (Å²) >= 11 is 0. The van der Waals surface area contributed by atoms with Gasteiger partial charge >= 0.3 is 0 Å².